The van der Waals surface area contributed by atoms with Crippen LogP contribution in [0.2, 0.25) is 0 Å². The standard InChI is InChI=1S/C16H18N2O3S2/c1-3-8-18-15(20)13-10-5-4-6-11(10)23-14(13)17-16(18)22-9-7-12(19)21-2/h3H,1,4-9H2,2H3. The number of methoxy groups -OCH3 is 1. The minimum atomic E-state index is -0.258. The largest absolute Gasteiger partial charge is 0.469 e. The predicted octanol–water partition coefficient (Wildman–Crippen LogP) is 2.79. The number of carbonyl (C=O) groups is 1. The van der Waals surface area contributed by atoms with E-state index in [0.29, 0.717) is 23.9 Å². The summed E-state index contributed by atoms with van der Waals surface area (Å²) in [5, 5.41) is 1.42. The highest BCUT2D eigenvalue weighted by atomic mass is 32.2. The van der Waals surface area contributed by atoms with Crippen molar-refractivity contribution in [2.24, 2.45) is 0 Å². The first-order valence-electron chi connectivity index (χ1n) is 7.51. The molecule has 0 saturated heterocycles. The minimum absolute atomic E-state index is 0.00914. The molecule has 0 aliphatic heterocycles. The molecule has 0 radical (unpaired) electrons. The van der Waals surface area contributed by atoms with E-state index in [2.05, 4.69) is 16.3 Å². The molecule has 1 aliphatic carbocycles. The minimum Gasteiger partial charge on any atom is -0.469 e. The van der Waals surface area contributed by atoms with Gasteiger partial charge in [0, 0.05) is 17.2 Å². The van der Waals surface area contributed by atoms with Gasteiger partial charge in [-0.1, -0.05) is 17.8 Å². The number of allylic oxidation sites excluding steroid dienone is 1. The lowest BCUT2D eigenvalue weighted by atomic mass is 10.2. The number of hydrogen-bond donors (Lipinski definition) is 0. The lowest BCUT2D eigenvalue weighted by Gasteiger charge is -2.10. The summed E-state index contributed by atoms with van der Waals surface area (Å²) in [6.07, 6.45) is 5.13. The second-order valence-corrected chi connectivity index (χ2v) is 7.46. The van der Waals surface area contributed by atoms with Crippen molar-refractivity contribution in [3.63, 3.8) is 0 Å². The molecule has 0 aromatic carbocycles. The third-order valence-electron chi connectivity index (χ3n) is 3.87. The van der Waals surface area contributed by atoms with Crippen LogP contribution in [0, 0.1) is 0 Å². The first kappa shape index (κ1) is 16.3. The van der Waals surface area contributed by atoms with Gasteiger partial charge in [0.05, 0.1) is 18.9 Å². The molecular weight excluding hydrogens is 332 g/mol. The molecular formula is C16H18N2O3S2. The number of hydrogen-bond acceptors (Lipinski definition) is 6. The molecule has 5 nitrogen and oxygen atoms in total. The molecule has 0 spiro atoms. The van der Waals surface area contributed by atoms with Crippen molar-refractivity contribution in [3.05, 3.63) is 33.4 Å². The van der Waals surface area contributed by atoms with Crippen molar-refractivity contribution in [2.75, 3.05) is 12.9 Å². The molecule has 23 heavy (non-hydrogen) atoms. The summed E-state index contributed by atoms with van der Waals surface area (Å²) in [5.74, 6) is 0.277. The van der Waals surface area contributed by atoms with Crippen LogP contribution in [0.5, 0.6) is 0 Å². The number of nitrogens with zero attached hydrogens (tertiary/aromatic N) is 2. The van der Waals surface area contributed by atoms with Crippen molar-refractivity contribution in [1.82, 2.24) is 9.55 Å². The van der Waals surface area contributed by atoms with Crippen LogP contribution < -0.4 is 5.56 Å². The summed E-state index contributed by atoms with van der Waals surface area (Å²) in [6, 6.07) is 0. The molecule has 2 aromatic heterocycles. The van der Waals surface area contributed by atoms with E-state index in [-0.39, 0.29) is 11.5 Å². The number of aryl methyl sites for hydroxylation is 2. The second kappa shape index (κ2) is 6.88. The van der Waals surface area contributed by atoms with Crippen molar-refractivity contribution in [3.8, 4) is 0 Å². The summed E-state index contributed by atoms with van der Waals surface area (Å²) in [5.41, 5.74) is 1.20. The number of fused-ring (bicyclic) bond motifs is 3. The normalized spacial score (nSPS) is 13.3. The molecule has 0 unspecified atom stereocenters. The van der Waals surface area contributed by atoms with Crippen LogP contribution in [0.1, 0.15) is 23.3 Å². The van der Waals surface area contributed by atoms with E-state index in [9.17, 15) is 9.59 Å². The van der Waals surface area contributed by atoms with Gasteiger partial charge in [0.15, 0.2) is 5.16 Å². The smallest absolute Gasteiger partial charge is 0.306 e. The van der Waals surface area contributed by atoms with Crippen LogP contribution in [-0.2, 0) is 28.9 Å². The Balaban J connectivity index is 1.99. The Morgan fingerprint density at radius 3 is 3.09 bits per heavy atom. The van der Waals surface area contributed by atoms with Gasteiger partial charge in [-0.15, -0.1) is 17.9 Å². The zero-order valence-electron chi connectivity index (χ0n) is 13.0. The van der Waals surface area contributed by atoms with Crippen LogP contribution in [0.15, 0.2) is 22.6 Å². The molecule has 0 saturated carbocycles. The van der Waals surface area contributed by atoms with Crippen LogP contribution in [0.4, 0.5) is 0 Å². The zero-order chi connectivity index (χ0) is 16.4. The topological polar surface area (TPSA) is 61.2 Å². The number of rotatable bonds is 6. The van der Waals surface area contributed by atoms with Crippen molar-refractivity contribution < 1.29 is 9.53 Å². The molecule has 0 atom stereocenters. The third kappa shape index (κ3) is 3.07. The highest BCUT2D eigenvalue weighted by molar-refractivity contribution is 7.99. The van der Waals surface area contributed by atoms with Gasteiger partial charge in [-0.05, 0) is 24.8 Å². The van der Waals surface area contributed by atoms with Gasteiger partial charge in [-0.3, -0.25) is 14.2 Å². The Morgan fingerprint density at radius 1 is 1.52 bits per heavy atom. The van der Waals surface area contributed by atoms with E-state index in [0.717, 1.165) is 29.5 Å². The summed E-state index contributed by atoms with van der Waals surface area (Å²) in [6.45, 7) is 4.16. The van der Waals surface area contributed by atoms with E-state index >= 15 is 0 Å². The van der Waals surface area contributed by atoms with E-state index in [4.69, 9.17) is 0 Å². The van der Waals surface area contributed by atoms with Gasteiger partial charge in [-0.25, -0.2) is 4.98 Å². The van der Waals surface area contributed by atoms with E-state index < -0.39 is 0 Å². The number of thiophene rings is 1. The maximum atomic E-state index is 12.9. The van der Waals surface area contributed by atoms with Crippen molar-refractivity contribution in [2.45, 2.75) is 37.4 Å². The van der Waals surface area contributed by atoms with E-state index in [1.54, 1.807) is 22.0 Å². The van der Waals surface area contributed by atoms with Crippen molar-refractivity contribution >= 4 is 39.3 Å². The molecule has 3 rings (SSSR count). The van der Waals surface area contributed by atoms with Gasteiger partial charge in [0.2, 0.25) is 0 Å². The Labute approximate surface area is 142 Å². The van der Waals surface area contributed by atoms with Gasteiger partial charge in [-0.2, -0.15) is 0 Å². The van der Waals surface area contributed by atoms with E-state index in [1.807, 2.05) is 0 Å². The molecule has 1 aliphatic rings. The number of carbonyl (C=O) groups excluding carboxylic acids is 1. The fourth-order valence-electron chi connectivity index (χ4n) is 2.79. The first-order valence-corrected chi connectivity index (χ1v) is 9.31. The van der Waals surface area contributed by atoms with Crippen molar-refractivity contribution in [1.29, 1.82) is 0 Å². The monoisotopic (exact) mass is 350 g/mol. The predicted molar refractivity (Wildman–Crippen MR) is 93.5 cm³/mol. The highest BCUT2D eigenvalue weighted by Crippen LogP contribution is 2.35. The van der Waals surface area contributed by atoms with Gasteiger partial charge < -0.3 is 4.74 Å². The Hall–Kier alpha value is -1.60. The average molecular weight is 350 g/mol. The number of ether oxygens (including phenoxy) is 1. The van der Waals surface area contributed by atoms with Crippen LogP contribution in [-0.4, -0.2) is 28.4 Å². The molecule has 2 aromatic rings. The number of thioether (sulfide) groups is 1. The number of aromatic nitrogens is 2. The molecule has 0 N–H and O–H groups in total. The summed E-state index contributed by atoms with van der Waals surface area (Å²) >= 11 is 3.04. The Bertz CT molecular complexity index is 823. The molecule has 2 heterocycles. The quantitative estimate of drug-likeness (QED) is 0.347. The van der Waals surface area contributed by atoms with Crippen LogP contribution in [0.3, 0.4) is 0 Å². The van der Waals surface area contributed by atoms with Crippen LogP contribution in [0.25, 0.3) is 10.2 Å². The molecule has 0 amide bonds. The lowest BCUT2D eigenvalue weighted by Crippen LogP contribution is -2.23. The maximum Gasteiger partial charge on any atom is 0.306 e. The number of esters is 1. The van der Waals surface area contributed by atoms with Gasteiger partial charge >= 0.3 is 5.97 Å². The molecule has 7 heteroatoms. The lowest BCUT2D eigenvalue weighted by molar-refractivity contribution is -0.140. The molecule has 0 bridgehead atoms. The Morgan fingerprint density at radius 2 is 2.35 bits per heavy atom. The average Bonchev–Trinajstić information content (AvgIpc) is 3.11. The Kier molecular flexibility index (Phi) is 4.87. The first-order chi connectivity index (χ1) is 11.2. The SMILES string of the molecule is C=CCn1c(SCCC(=O)OC)nc2sc3c(c2c1=O)CCC3. The highest BCUT2D eigenvalue weighted by Gasteiger charge is 2.23. The zero-order valence-corrected chi connectivity index (χ0v) is 14.6. The van der Waals surface area contributed by atoms with E-state index in [1.165, 1.54) is 29.3 Å². The fraction of sp³-hybridized carbons (Fsp3) is 0.438. The van der Waals surface area contributed by atoms with Gasteiger partial charge in [0.25, 0.3) is 5.56 Å². The second-order valence-electron chi connectivity index (χ2n) is 5.31. The maximum absolute atomic E-state index is 12.9. The van der Waals surface area contributed by atoms with Gasteiger partial charge in [0.1, 0.15) is 4.83 Å². The molecule has 0 fully saturated rings. The third-order valence-corrected chi connectivity index (χ3v) is 6.03. The summed E-state index contributed by atoms with van der Waals surface area (Å²) < 4.78 is 6.30. The summed E-state index contributed by atoms with van der Waals surface area (Å²) in [7, 11) is 1.37. The van der Waals surface area contributed by atoms with Crippen LogP contribution >= 0.6 is 23.1 Å². The summed E-state index contributed by atoms with van der Waals surface area (Å²) in [4.78, 5) is 30.9. The fourth-order valence-corrected chi connectivity index (χ4v) is 5.02. The molecule has 122 valence electrons.